The summed E-state index contributed by atoms with van der Waals surface area (Å²) in [5.74, 6) is 0.130. The molecule has 1 aromatic carbocycles. The van der Waals surface area contributed by atoms with Crippen molar-refractivity contribution in [2.45, 2.75) is 105 Å². The van der Waals surface area contributed by atoms with Crippen molar-refractivity contribution in [2.24, 2.45) is 5.41 Å². The number of aliphatic hydroxyl groups is 2. The molecule has 0 fully saturated rings. The molecule has 3 nitrogen and oxygen atoms in total. The largest absolute Gasteiger partial charge is 0.416 e. The van der Waals surface area contributed by atoms with Crippen LogP contribution in [-0.2, 0) is 12.6 Å². The fourth-order valence-electron chi connectivity index (χ4n) is 5.11. The molecule has 2 N–H and O–H groups in total. The number of nitrogens with zero attached hydrogens (tertiary/aromatic N) is 1. The highest BCUT2D eigenvalue weighted by molar-refractivity contribution is 5.48. The molecule has 190 valence electrons. The molecule has 6 heteroatoms. The maximum absolute atomic E-state index is 13.0. The van der Waals surface area contributed by atoms with Gasteiger partial charge in [-0.15, -0.1) is 0 Å². The van der Waals surface area contributed by atoms with Crippen molar-refractivity contribution in [2.75, 3.05) is 0 Å². The smallest absolute Gasteiger partial charge is 0.388 e. The second-order valence-electron chi connectivity index (χ2n) is 9.87. The first-order chi connectivity index (χ1) is 15.9. The lowest BCUT2D eigenvalue weighted by molar-refractivity contribution is -0.137. The average Bonchev–Trinajstić information content (AvgIpc) is 2.76. The van der Waals surface area contributed by atoms with Crippen molar-refractivity contribution in [1.82, 2.24) is 4.98 Å². The van der Waals surface area contributed by atoms with Gasteiger partial charge in [-0.3, -0.25) is 4.98 Å². The number of hydrogen-bond donors (Lipinski definition) is 2. The molecule has 1 aliphatic rings. The van der Waals surface area contributed by atoms with E-state index in [-0.39, 0.29) is 11.3 Å². The van der Waals surface area contributed by atoms with Crippen molar-refractivity contribution in [3.05, 3.63) is 63.5 Å². The fraction of sp³-hybridized carbons (Fsp3) is 0.607. The third-order valence-electron chi connectivity index (χ3n) is 6.72. The van der Waals surface area contributed by atoms with Gasteiger partial charge in [0.1, 0.15) is 6.10 Å². The fourth-order valence-corrected chi connectivity index (χ4v) is 5.11. The number of pyridine rings is 1. The molecule has 1 aliphatic carbocycles. The number of aromatic nitrogens is 1. The molecule has 0 saturated carbocycles. The zero-order valence-corrected chi connectivity index (χ0v) is 21.6. The van der Waals surface area contributed by atoms with Crippen molar-refractivity contribution < 1.29 is 23.4 Å². The van der Waals surface area contributed by atoms with Gasteiger partial charge >= 0.3 is 6.18 Å². The molecule has 3 unspecified atom stereocenters. The van der Waals surface area contributed by atoms with Crippen LogP contribution in [0, 0.1) is 12.3 Å². The van der Waals surface area contributed by atoms with Gasteiger partial charge in [0.05, 0.1) is 17.4 Å². The van der Waals surface area contributed by atoms with Crippen LogP contribution in [0.25, 0.3) is 0 Å². The van der Waals surface area contributed by atoms with E-state index in [1.54, 1.807) is 0 Å². The standard InChI is InChI=1S/C26H34F3NO2.C2H6/c1-6-8-16(7-2)23-22(24(32)17-9-11-18(12-10-17)26(27,28)29)15(3)21-19(30-23)13-25(4,5)14-20(21)31;1-2/h9-12,16,20,24,31-32H,6-8,13-14H2,1-5H3;1-2H3. The van der Waals surface area contributed by atoms with E-state index in [1.165, 1.54) is 12.1 Å². The van der Waals surface area contributed by atoms with E-state index < -0.39 is 23.9 Å². The summed E-state index contributed by atoms with van der Waals surface area (Å²) in [5.41, 5.74) is 3.44. The molecule has 0 amide bonds. The van der Waals surface area contributed by atoms with Gasteiger partial charge in [0.2, 0.25) is 0 Å². The Kier molecular flexibility index (Phi) is 9.34. The highest BCUT2D eigenvalue weighted by atomic mass is 19.4. The summed E-state index contributed by atoms with van der Waals surface area (Å²) >= 11 is 0. The van der Waals surface area contributed by atoms with Gasteiger partial charge < -0.3 is 10.2 Å². The van der Waals surface area contributed by atoms with Crippen molar-refractivity contribution >= 4 is 0 Å². The predicted octanol–water partition coefficient (Wildman–Crippen LogP) is 7.82. The van der Waals surface area contributed by atoms with Crippen LogP contribution >= 0.6 is 0 Å². The number of benzene rings is 1. The molecule has 2 aromatic rings. The van der Waals surface area contributed by atoms with Crippen LogP contribution in [0.4, 0.5) is 13.2 Å². The minimum atomic E-state index is -4.43. The first kappa shape index (κ1) is 28.3. The number of halogens is 3. The highest BCUT2D eigenvalue weighted by Crippen LogP contribution is 2.45. The lowest BCUT2D eigenvalue weighted by Crippen LogP contribution is -2.29. The summed E-state index contributed by atoms with van der Waals surface area (Å²) in [6.45, 7) is 14.3. The zero-order valence-electron chi connectivity index (χ0n) is 21.6. The first-order valence-corrected chi connectivity index (χ1v) is 12.5. The SMILES string of the molecule is CC.CCCC(CC)c1nc2c(c(C)c1C(O)c1ccc(C(F)(F)F)cc1)C(O)CC(C)(C)C2. The zero-order chi connectivity index (χ0) is 25.8. The Balaban J connectivity index is 0.00000199. The van der Waals surface area contributed by atoms with Crippen molar-refractivity contribution in [3.8, 4) is 0 Å². The maximum atomic E-state index is 13.0. The molecule has 1 aromatic heterocycles. The van der Waals surface area contributed by atoms with E-state index in [4.69, 9.17) is 4.98 Å². The summed E-state index contributed by atoms with van der Waals surface area (Å²) in [7, 11) is 0. The van der Waals surface area contributed by atoms with Gasteiger partial charge in [0, 0.05) is 22.7 Å². The lowest BCUT2D eigenvalue weighted by atomic mass is 9.72. The normalized spacial score (nSPS) is 19.0. The molecule has 3 atom stereocenters. The summed E-state index contributed by atoms with van der Waals surface area (Å²) in [6, 6.07) is 4.66. The van der Waals surface area contributed by atoms with Crippen LogP contribution in [0.3, 0.4) is 0 Å². The van der Waals surface area contributed by atoms with Crippen LogP contribution in [0.2, 0.25) is 0 Å². The Bertz CT molecular complexity index is 952. The topological polar surface area (TPSA) is 53.4 Å². The molecule has 3 rings (SSSR count). The van der Waals surface area contributed by atoms with Crippen LogP contribution in [0.5, 0.6) is 0 Å². The van der Waals surface area contributed by atoms with E-state index in [0.717, 1.165) is 60.3 Å². The molecule has 0 aliphatic heterocycles. The van der Waals surface area contributed by atoms with Crippen molar-refractivity contribution in [1.29, 1.82) is 0 Å². The van der Waals surface area contributed by atoms with Crippen LogP contribution in [0.1, 0.15) is 125 Å². The molecular formula is C28H40F3NO2. The number of alkyl halides is 3. The Morgan fingerprint density at radius 1 is 1.12 bits per heavy atom. The van der Waals surface area contributed by atoms with Gasteiger partial charge in [-0.1, -0.05) is 60.1 Å². The van der Waals surface area contributed by atoms with Gasteiger partial charge in [-0.25, -0.2) is 0 Å². The monoisotopic (exact) mass is 479 g/mol. The van der Waals surface area contributed by atoms with E-state index in [1.807, 2.05) is 20.8 Å². The Hall–Kier alpha value is -1.92. The first-order valence-electron chi connectivity index (χ1n) is 12.5. The number of fused-ring (bicyclic) bond motifs is 1. The molecule has 0 bridgehead atoms. The Labute approximate surface area is 202 Å². The maximum Gasteiger partial charge on any atom is 0.416 e. The van der Waals surface area contributed by atoms with Crippen LogP contribution < -0.4 is 0 Å². The summed E-state index contributed by atoms with van der Waals surface area (Å²) in [4.78, 5) is 5.01. The second-order valence-corrected chi connectivity index (χ2v) is 9.87. The lowest BCUT2D eigenvalue weighted by Gasteiger charge is -2.37. The Morgan fingerprint density at radius 3 is 2.21 bits per heavy atom. The van der Waals surface area contributed by atoms with E-state index in [0.29, 0.717) is 17.5 Å². The molecule has 0 radical (unpaired) electrons. The Morgan fingerprint density at radius 2 is 1.71 bits per heavy atom. The van der Waals surface area contributed by atoms with E-state index in [2.05, 4.69) is 27.7 Å². The molecule has 0 spiro atoms. The minimum Gasteiger partial charge on any atom is -0.388 e. The van der Waals surface area contributed by atoms with Gasteiger partial charge in [-0.2, -0.15) is 13.2 Å². The van der Waals surface area contributed by atoms with Gasteiger partial charge in [0.25, 0.3) is 0 Å². The minimum absolute atomic E-state index is 0.0802. The molecule has 1 heterocycles. The van der Waals surface area contributed by atoms with Crippen LogP contribution in [-0.4, -0.2) is 15.2 Å². The molecular weight excluding hydrogens is 439 g/mol. The van der Waals surface area contributed by atoms with Gasteiger partial charge in [0.15, 0.2) is 0 Å². The third kappa shape index (κ3) is 6.01. The average molecular weight is 480 g/mol. The summed E-state index contributed by atoms with van der Waals surface area (Å²) in [5, 5.41) is 22.3. The van der Waals surface area contributed by atoms with E-state index in [9.17, 15) is 23.4 Å². The summed E-state index contributed by atoms with van der Waals surface area (Å²) in [6.07, 6.45) is -2.17. The van der Waals surface area contributed by atoms with Gasteiger partial charge in [-0.05, 0) is 61.3 Å². The predicted molar refractivity (Wildman–Crippen MR) is 131 cm³/mol. The van der Waals surface area contributed by atoms with Crippen LogP contribution in [0.15, 0.2) is 24.3 Å². The second kappa shape index (κ2) is 11.2. The molecule has 0 saturated heterocycles. The molecule has 34 heavy (non-hydrogen) atoms. The quantitative estimate of drug-likeness (QED) is 0.444. The van der Waals surface area contributed by atoms with E-state index >= 15 is 0 Å². The number of aliphatic hydroxyl groups excluding tert-OH is 2. The summed E-state index contributed by atoms with van der Waals surface area (Å²) < 4.78 is 39.0. The number of hydrogen-bond acceptors (Lipinski definition) is 3. The third-order valence-corrected chi connectivity index (χ3v) is 6.72. The number of rotatable bonds is 6. The highest BCUT2D eigenvalue weighted by Gasteiger charge is 2.37. The van der Waals surface area contributed by atoms with Crippen molar-refractivity contribution in [3.63, 3.8) is 0 Å².